The van der Waals surface area contributed by atoms with Gasteiger partial charge in [-0.1, -0.05) is 6.07 Å². The van der Waals surface area contributed by atoms with Crippen LogP contribution in [0.1, 0.15) is 5.56 Å². The van der Waals surface area contributed by atoms with Gasteiger partial charge < -0.3 is 15.0 Å². The van der Waals surface area contributed by atoms with E-state index in [1.54, 1.807) is 12.4 Å². The van der Waals surface area contributed by atoms with E-state index in [1.165, 1.54) is 0 Å². The van der Waals surface area contributed by atoms with Crippen LogP contribution in [0.4, 0.5) is 5.69 Å². The van der Waals surface area contributed by atoms with Crippen molar-refractivity contribution in [1.82, 2.24) is 10.3 Å². The lowest BCUT2D eigenvalue weighted by Crippen LogP contribution is -2.08. The Balaban J connectivity index is 2.23. The molecule has 0 saturated carbocycles. The second-order valence-electron chi connectivity index (χ2n) is 4.51. The van der Waals surface area contributed by atoms with Crippen LogP contribution in [0.3, 0.4) is 0 Å². The van der Waals surface area contributed by atoms with Crippen LogP contribution in [0.25, 0.3) is 0 Å². The van der Waals surface area contributed by atoms with Gasteiger partial charge in [-0.3, -0.25) is 4.98 Å². The number of rotatable bonds is 5. The fourth-order valence-electron chi connectivity index (χ4n) is 1.79. The minimum atomic E-state index is 0.755. The van der Waals surface area contributed by atoms with Gasteiger partial charge in [-0.15, -0.1) is 0 Å². The van der Waals surface area contributed by atoms with Crippen LogP contribution in [-0.4, -0.2) is 26.1 Å². The Hall–Kier alpha value is -2.07. The molecule has 0 spiro atoms. The topological polar surface area (TPSA) is 37.4 Å². The van der Waals surface area contributed by atoms with E-state index in [1.807, 2.05) is 56.4 Å². The van der Waals surface area contributed by atoms with Gasteiger partial charge in [0.15, 0.2) is 0 Å². The molecule has 1 aromatic heterocycles. The third-order valence-corrected chi connectivity index (χ3v) is 2.80. The molecule has 1 aromatic carbocycles. The van der Waals surface area contributed by atoms with Gasteiger partial charge in [-0.25, -0.2) is 0 Å². The SMILES string of the molecule is CNCc1ccncc1Oc1cccc(N(C)C)c1. The molecular formula is C15H19N3O. The van der Waals surface area contributed by atoms with E-state index in [-0.39, 0.29) is 0 Å². The monoisotopic (exact) mass is 257 g/mol. The summed E-state index contributed by atoms with van der Waals surface area (Å²) < 4.78 is 5.92. The second-order valence-corrected chi connectivity index (χ2v) is 4.51. The number of aromatic nitrogens is 1. The minimum Gasteiger partial charge on any atom is -0.455 e. The van der Waals surface area contributed by atoms with E-state index in [0.717, 1.165) is 29.3 Å². The highest BCUT2D eigenvalue weighted by Crippen LogP contribution is 2.27. The molecule has 1 heterocycles. The van der Waals surface area contributed by atoms with Crippen LogP contribution >= 0.6 is 0 Å². The minimum absolute atomic E-state index is 0.755. The molecule has 0 aliphatic rings. The molecule has 0 radical (unpaired) electrons. The van der Waals surface area contributed by atoms with Crippen molar-refractivity contribution in [2.24, 2.45) is 0 Å². The van der Waals surface area contributed by atoms with Gasteiger partial charge in [0.1, 0.15) is 11.5 Å². The van der Waals surface area contributed by atoms with E-state index >= 15 is 0 Å². The van der Waals surface area contributed by atoms with Gasteiger partial charge in [-0.05, 0) is 25.2 Å². The molecule has 4 heteroatoms. The molecule has 19 heavy (non-hydrogen) atoms. The molecule has 1 N–H and O–H groups in total. The summed E-state index contributed by atoms with van der Waals surface area (Å²) in [6.07, 6.45) is 3.52. The molecule has 2 rings (SSSR count). The summed E-state index contributed by atoms with van der Waals surface area (Å²) in [7, 11) is 5.93. The number of nitrogens with zero attached hydrogens (tertiary/aromatic N) is 2. The van der Waals surface area contributed by atoms with Gasteiger partial charge in [0.2, 0.25) is 0 Å². The summed E-state index contributed by atoms with van der Waals surface area (Å²) in [5.74, 6) is 1.60. The van der Waals surface area contributed by atoms with E-state index in [2.05, 4.69) is 10.3 Å². The van der Waals surface area contributed by atoms with Gasteiger partial charge >= 0.3 is 0 Å². The van der Waals surface area contributed by atoms with Crippen LogP contribution in [0.15, 0.2) is 42.7 Å². The number of anilines is 1. The molecule has 0 atom stereocenters. The average molecular weight is 257 g/mol. The first kappa shape index (κ1) is 13.4. The van der Waals surface area contributed by atoms with Crippen molar-refractivity contribution in [2.75, 3.05) is 26.0 Å². The Morgan fingerprint density at radius 2 is 2.11 bits per heavy atom. The second kappa shape index (κ2) is 6.20. The third kappa shape index (κ3) is 3.45. The van der Waals surface area contributed by atoms with Crippen molar-refractivity contribution in [2.45, 2.75) is 6.54 Å². The summed E-state index contributed by atoms with van der Waals surface area (Å²) in [5.41, 5.74) is 2.20. The number of hydrogen-bond acceptors (Lipinski definition) is 4. The molecule has 0 saturated heterocycles. The lowest BCUT2D eigenvalue weighted by atomic mass is 10.2. The lowest BCUT2D eigenvalue weighted by Gasteiger charge is -2.15. The van der Waals surface area contributed by atoms with E-state index < -0.39 is 0 Å². The highest BCUT2D eigenvalue weighted by Gasteiger charge is 2.05. The maximum absolute atomic E-state index is 5.92. The summed E-state index contributed by atoms with van der Waals surface area (Å²) in [6, 6.07) is 9.95. The van der Waals surface area contributed by atoms with Gasteiger partial charge in [-0.2, -0.15) is 0 Å². The summed E-state index contributed by atoms with van der Waals surface area (Å²) in [4.78, 5) is 6.16. The zero-order valence-electron chi connectivity index (χ0n) is 11.6. The first-order chi connectivity index (χ1) is 9.20. The molecule has 0 amide bonds. The Morgan fingerprint density at radius 1 is 1.26 bits per heavy atom. The Kier molecular flexibility index (Phi) is 4.36. The van der Waals surface area contributed by atoms with Crippen LogP contribution < -0.4 is 15.0 Å². The van der Waals surface area contributed by atoms with Gasteiger partial charge in [0.25, 0.3) is 0 Å². The summed E-state index contributed by atoms with van der Waals surface area (Å²) in [6.45, 7) is 0.755. The number of pyridine rings is 1. The smallest absolute Gasteiger partial charge is 0.150 e. The zero-order chi connectivity index (χ0) is 13.7. The molecular weight excluding hydrogens is 238 g/mol. The van der Waals surface area contributed by atoms with Crippen molar-refractivity contribution in [3.05, 3.63) is 48.3 Å². The average Bonchev–Trinajstić information content (AvgIpc) is 2.41. The number of ether oxygens (including phenoxy) is 1. The quantitative estimate of drug-likeness (QED) is 0.893. The molecule has 0 fully saturated rings. The summed E-state index contributed by atoms with van der Waals surface area (Å²) >= 11 is 0. The van der Waals surface area contributed by atoms with Crippen molar-refractivity contribution in [1.29, 1.82) is 0 Å². The Morgan fingerprint density at radius 3 is 2.84 bits per heavy atom. The fraction of sp³-hybridized carbons (Fsp3) is 0.267. The number of nitrogens with one attached hydrogen (secondary N) is 1. The third-order valence-electron chi connectivity index (χ3n) is 2.80. The molecule has 100 valence electrons. The van der Waals surface area contributed by atoms with Crippen molar-refractivity contribution in [3.8, 4) is 11.5 Å². The molecule has 0 aliphatic heterocycles. The first-order valence-electron chi connectivity index (χ1n) is 6.23. The van der Waals surface area contributed by atoms with Crippen molar-refractivity contribution in [3.63, 3.8) is 0 Å². The van der Waals surface area contributed by atoms with E-state index in [0.29, 0.717) is 0 Å². The standard InChI is InChI=1S/C15H19N3O/c1-16-10-12-7-8-17-11-15(12)19-14-6-4-5-13(9-14)18(2)3/h4-9,11,16H,10H2,1-3H3. The van der Waals surface area contributed by atoms with Crippen molar-refractivity contribution < 1.29 is 4.74 Å². The van der Waals surface area contributed by atoms with Crippen LogP contribution in [0.2, 0.25) is 0 Å². The predicted octanol–water partition coefficient (Wildman–Crippen LogP) is 2.66. The molecule has 0 unspecified atom stereocenters. The van der Waals surface area contributed by atoms with Crippen LogP contribution in [-0.2, 0) is 6.54 Å². The Labute approximate surface area is 114 Å². The molecule has 0 aliphatic carbocycles. The van der Waals surface area contributed by atoms with Crippen LogP contribution in [0.5, 0.6) is 11.5 Å². The summed E-state index contributed by atoms with van der Waals surface area (Å²) in [5, 5.41) is 3.12. The normalized spacial score (nSPS) is 10.3. The highest BCUT2D eigenvalue weighted by molar-refractivity contribution is 5.50. The number of hydrogen-bond donors (Lipinski definition) is 1. The van der Waals surface area contributed by atoms with E-state index in [4.69, 9.17) is 4.74 Å². The maximum Gasteiger partial charge on any atom is 0.150 e. The molecule has 4 nitrogen and oxygen atoms in total. The fourth-order valence-corrected chi connectivity index (χ4v) is 1.79. The van der Waals surface area contributed by atoms with Crippen molar-refractivity contribution >= 4 is 5.69 Å². The maximum atomic E-state index is 5.92. The number of benzene rings is 1. The lowest BCUT2D eigenvalue weighted by molar-refractivity contribution is 0.472. The molecule has 2 aromatic rings. The van der Waals surface area contributed by atoms with Gasteiger partial charge in [0, 0.05) is 44.2 Å². The first-order valence-corrected chi connectivity index (χ1v) is 6.23. The van der Waals surface area contributed by atoms with Gasteiger partial charge in [0.05, 0.1) is 6.20 Å². The molecule has 0 bridgehead atoms. The zero-order valence-corrected chi connectivity index (χ0v) is 11.6. The predicted molar refractivity (Wildman–Crippen MR) is 77.8 cm³/mol. The highest BCUT2D eigenvalue weighted by atomic mass is 16.5. The largest absolute Gasteiger partial charge is 0.455 e. The van der Waals surface area contributed by atoms with Crippen LogP contribution in [0, 0.1) is 0 Å². The van der Waals surface area contributed by atoms with E-state index in [9.17, 15) is 0 Å². The Bertz CT molecular complexity index is 540.